The number of nitrogen functional groups attached to an aromatic ring is 1. The summed E-state index contributed by atoms with van der Waals surface area (Å²) < 4.78 is 0. The molecule has 0 atom stereocenters. The lowest BCUT2D eigenvalue weighted by Crippen LogP contribution is -2.49. The molecule has 3 aromatic rings. The van der Waals surface area contributed by atoms with E-state index in [0.29, 0.717) is 47.9 Å². The Balaban J connectivity index is 1.54. The van der Waals surface area contributed by atoms with Crippen LogP contribution in [0.1, 0.15) is 12.8 Å². The van der Waals surface area contributed by atoms with Gasteiger partial charge in [0, 0.05) is 30.7 Å². The molecule has 5 N–H and O–H groups in total. The highest BCUT2D eigenvalue weighted by Gasteiger charge is 2.31. The van der Waals surface area contributed by atoms with Gasteiger partial charge in [0.05, 0.1) is 16.8 Å². The van der Waals surface area contributed by atoms with Crippen LogP contribution in [0.5, 0.6) is 0 Å². The Kier molecular flexibility index (Phi) is 5.24. The zero-order valence-electron chi connectivity index (χ0n) is 15.0. The lowest BCUT2D eigenvalue weighted by atomic mass is 9.92. The molecule has 0 bridgehead atoms. The van der Waals surface area contributed by atoms with Crippen molar-refractivity contribution in [3.05, 3.63) is 35.6 Å². The Morgan fingerprint density at radius 3 is 2.71 bits per heavy atom. The van der Waals surface area contributed by atoms with E-state index in [1.54, 1.807) is 18.5 Å². The smallest absolute Gasteiger partial charge is 0.179 e. The summed E-state index contributed by atoms with van der Waals surface area (Å²) in [6.07, 6.45) is 4.56. The number of halogens is 1. The van der Waals surface area contributed by atoms with Crippen molar-refractivity contribution in [3.63, 3.8) is 0 Å². The summed E-state index contributed by atoms with van der Waals surface area (Å²) in [4.78, 5) is 20.6. The van der Waals surface area contributed by atoms with Gasteiger partial charge in [0.2, 0.25) is 0 Å². The van der Waals surface area contributed by atoms with Crippen molar-refractivity contribution in [1.82, 2.24) is 19.9 Å². The van der Waals surface area contributed by atoms with Crippen LogP contribution in [0.3, 0.4) is 0 Å². The number of nitrogens with zero attached hydrogens (tertiary/aromatic N) is 5. The number of hydrogen-bond acceptors (Lipinski definition) is 9. The average Bonchev–Trinajstić information content (AvgIpc) is 2.72. The predicted molar refractivity (Wildman–Crippen MR) is 111 cm³/mol. The molecule has 1 aliphatic heterocycles. The van der Waals surface area contributed by atoms with Gasteiger partial charge in [-0.25, -0.2) is 19.9 Å². The lowest BCUT2D eigenvalue weighted by Gasteiger charge is -2.37. The van der Waals surface area contributed by atoms with Gasteiger partial charge in [0.1, 0.15) is 22.2 Å². The minimum atomic E-state index is -0.772. The van der Waals surface area contributed by atoms with Gasteiger partial charge in [-0.1, -0.05) is 23.4 Å². The summed E-state index contributed by atoms with van der Waals surface area (Å²) >= 11 is 7.60. The first-order valence-corrected chi connectivity index (χ1v) is 10.1. The molecule has 1 aliphatic rings. The summed E-state index contributed by atoms with van der Waals surface area (Å²) in [6.45, 7) is 1.66. The van der Waals surface area contributed by atoms with Gasteiger partial charge >= 0.3 is 0 Å². The molecule has 10 heteroatoms. The van der Waals surface area contributed by atoms with Crippen molar-refractivity contribution in [2.24, 2.45) is 5.73 Å². The second kappa shape index (κ2) is 7.67. The number of piperidine rings is 1. The minimum absolute atomic E-state index is 0.280. The SMILES string of the molecule is NCC1(O)CCN(c2cnc3nc(Sc4ccnc(N)c4Cl)ccc3n2)CC1. The van der Waals surface area contributed by atoms with Crippen LogP contribution in [0, 0.1) is 0 Å². The molecule has 1 fully saturated rings. The molecule has 0 unspecified atom stereocenters. The quantitative estimate of drug-likeness (QED) is 0.584. The van der Waals surface area contributed by atoms with E-state index in [2.05, 4.69) is 24.8 Å². The summed E-state index contributed by atoms with van der Waals surface area (Å²) in [5.41, 5.74) is 11.9. The molecule has 0 amide bonds. The van der Waals surface area contributed by atoms with E-state index in [1.807, 2.05) is 12.1 Å². The Hall–Kier alpha value is -2.20. The van der Waals surface area contributed by atoms with Crippen LogP contribution in [-0.2, 0) is 0 Å². The van der Waals surface area contributed by atoms with Crippen molar-refractivity contribution >= 4 is 46.2 Å². The maximum atomic E-state index is 10.3. The van der Waals surface area contributed by atoms with E-state index in [0.717, 1.165) is 15.7 Å². The van der Waals surface area contributed by atoms with Crippen molar-refractivity contribution in [2.45, 2.75) is 28.4 Å². The van der Waals surface area contributed by atoms with E-state index in [-0.39, 0.29) is 6.54 Å². The zero-order valence-corrected chi connectivity index (χ0v) is 16.6. The first-order valence-electron chi connectivity index (χ1n) is 8.86. The largest absolute Gasteiger partial charge is 0.388 e. The minimum Gasteiger partial charge on any atom is -0.388 e. The first kappa shape index (κ1) is 19.1. The van der Waals surface area contributed by atoms with E-state index in [1.165, 1.54) is 11.8 Å². The maximum Gasteiger partial charge on any atom is 0.179 e. The van der Waals surface area contributed by atoms with Gasteiger partial charge in [0.15, 0.2) is 5.65 Å². The van der Waals surface area contributed by atoms with Gasteiger partial charge in [-0.05, 0) is 31.0 Å². The lowest BCUT2D eigenvalue weighted by molar-refractivity contribution is 0.0249. The maximum absolute atomic E-state index is 10.3. The van der Waals surface area contributed by atoms with Crippen LogP contribution in [0.4, 0.5) is 11.6 Å². The second-order valence-corrected chi connectivity index (χ2v) is 8.19. The Labute approximate surface area is 171 Å². The summed E-state index contributed by atoms with van der Waals surface area (Å²) in [6, 6.07) is 5.56. The van der Waals surface area contributed by atoms with Crippen LogP contribution in [-0.4, -0.2) is 50.3 Å². The van der Waals surface area contributed by atoms with Gasteiger partial charge in [-0.15, -0.1) is 0 Å². The van der Waals surface area contributed by atoms with Crippen LogP contribution < -0.4 is 16.4 Å². The summed E-state index contributed by atoms with van der Waals surface area (Å²) in [5.74, 6) is 1.07. The third kappa shape index (κ3) is 3.83. The third-order valence-corrected chi connectivity index (χ3v) is 6.37. The molecule has 0 aliphatic carbocycles. The Bertz CT molecular complexity index is 1010. The number of aromatic nitrogens is 4. The van der Waals surface area contributed by atoms with Crippen LogP contribution in [0.15, 0.2) is 40.5 Å². The third-order valence-electron chi connectivity index (χ3n) is 4.86. The van der Waals surface area contributed by atoms with Crippen molar-refractivity contribution in [3.8, 4) is 0 Å². The summed E-state index contributed by atoms with van der Waals surface area (Å²) in [7, 11) is 0. The molecule has 0 saturated carbocycles. The van der Waals surface area contributed by atoms with Crippen LogP contribution in [0.25, 0.3) is 11.2 Å². The highest BCUT2D eigenvalue weighted by Crippen LogP contribution is 2.35. The molecule has 8 nitrogen and oxygen atoms in total. The fourth-order valence-electron chi connectivity index (χ4n) is 3.08. The molecule has 28 heavy (non-hydrogen) atoms. The highest BCUT2D eigenvalue weighted by molar-refractivity contribution is 7.99. The van der Waals surface area contributed by atoms with Gasteiger partial charge in [-0.3, -0.25) is 0 Å². The molecule has 4 rings (SSSR count). The fraction of sp³-hybridized carbons (Fsp3) is 0.333. The number of rotatable bonds is 4. The van der Waals surface area contributed by atoms with Crippen molar-refractivity contribution in [1.29, 1.82) is 0 Å². The zero-order chi connectivity index (χ0) is 19.7. The van der Waals surface area contributed by atoms with Crippen molar-refractivity contribution in [2.75, 3.05) is 30.3 Å². The molecule has 146 valence electrons. The van der Waals surface area contributed by atoms with Gasteiger partial charge < -0.3 is 21.5 Å². The van der Waals surface area contributed by atoms with Gasteiger partial charge in [-0.2, -0.15) is 0 Å². The monoisotopic (exact) mass is 417 g/mol. The summed E-state index contributed by atoms with van der Waals surface area (Å²) in [5, 5.41) is 11.4. The van der Waals surface area contributed by atoms with Crippen molar-refractivity contribution < 1.29 is 5.11 Å². The molecular formula is C18H20ClN7OS. The van der Waals surface area contributed by atoms with E-state index >= 15 is 0 Å². The highest BCUT2D eigenvalue weighted by atomic mass is 35.5. The first-order chi connectivity index (χ1) is 13.5. The molecule has 0 radical (unpaired) electrons. The molecule has 0 aromatic carbocycles. The van der Waals surface area contributed by atoms with Gasteiger partial charge in [0.25, 0.3) is 0 Å². The molecular weight excluding hydrogens is 398 g/mol. The van der Waals surface area contributed by atoms with Crippen LogP contribution >= 0.6 is 23.4 Å². The predicted octanol–water partition coefficient (Wildman–Crippen LogP) is 2.10. The van der Waals surface area contributed by atoms with E-state index < -0.39 is 5.60 Å². The number of aliphatic hydroxyl groups is 1. The van der Waals surface area contributed by atoms with Crippen LogP contribution in [0.2, 0.25) is 5.02 Å². The fourth-order valence-corrected chi connectivity index (χ4v) is 4.12. The Morgan fingerprint density at radius 1 is 1.18 bits per heavy atom. The molecule has 3 aromatic heterocycles. The Morgan fingerprint density at radius 2 is 1.96 bits per heavy atom. The standard InChI is InChI=1S/C18H20ClN7OS/c19-15-12(3-6-22-16(15)21)28-14-2-1-11-17(25-14)23-9-13(24-11)26-7-4-18(27,10-20)5-8-26/h1-3,6,9,27H,4-5,7-8,10,20H2,(H2,21,22). The normalized spacial score (nSPS) is 16.5. The van der Waals surface area contributed by atoms with E-state index in [9.17, 15) is 5.11 Å². The number of nitrogens with two attached hydrogens (primary N) is 2. The number of anilines is 2. The number of hydrogen-bond donors (Lipinski definition) is 3. The molecule has 0 spiro atoms. The number of fused-ring (bicyclic) bond motifs is 1. The average molecular weight is 418 g/mol. The molecule has 4 heterocycles. The van der Waals surface area contributed by atoms with E-state index in [4.69, 9.17) is 23.1 Å². The topological polar surface area (TPSA) is 127 Å². The number of pyridine rings is 2. The second-order valence-electron chi connectivity index (χ2n) is 6.75. The molecule has 1 saturated heterocycles.